The van der Waals surface area contributed by atoms with Crippen molar-refractivity contribution >= 4 is 17.5 Å². The second-order valence-electron chi connectivity index (χ2n) is 5.88. The Bertz CT molecular complexity index is 664. The van der Waals surface area contributed by atoms with Gasteiger partial charge in [-0.1, -0.05) is 32.0 Å². The first-order chi connectivity index (χ1) is 11.0. The van der Waals surface area contributed by atoms with Crippen LogP contribution in [0.4, 0.5) is 5.69 Å². The number of carbonyl (C=O) groups is 2. The summed E-state index contributed by atoms with van der Waals surface area (Å²) in [7, 11) is 1.74. The molecule has 0 bridgehead atoms. The summed E-state index contributed by atoms with van der Waals surface area (Å²) in [4.78, 5) is 26.0. The van der Waals surface area contributed by atoms with Crippen LogP contribution in [0, 0.1) is 5.92 Å². The molecule has 2 aromatic rings. The van der Waals surface area contributed by atoms with Crippen LogP contribution >= 0.6 is 0 Å². The van der Waals surface area contributed by atoms with Gasteiger partial charge in [-0.2, -0.15) is 0 Å². The van der Waals surface area contributed by atoms with Gasteiger partial charge in [-0.15, -0.1) is 0 Å². The van der Waals surface area contributed by atoms with Crippen LogP contribution in [0.15, 0.2) is 54.6 Å². The Balaban J connectivity index is 2.07. The smallest absolute Gasteiger partial charge is 0.258 e. The van der Waals surface area contributed by atoms with Gasteiger partial charge in [0.2, 0.25) is 0 Å². The van der Waals surface area contributed by atoms with Gasteiger partial charge >= 0.3 is 0 Å². The fraction of sp³-hybridized carbons (Fsp3) is 0.263. The zero-order valence-electron chi connectivity index (χ0n) is 13.7. The maximum Gasteiger partial charge on any atom is 0.258 e. The molecule has 0 aromatic heterocycles. The Morgan fingerprint density at radius 2 is 1.52 bits per heavy atom. The summed E-state index contributed by atoms with van der Waals surface area (Å²) in [5, 5.41) is 2.86. The molecule has 1 N–H and O–H groups in total. The number of amides is 2. The number of para-hydroxylation sites is 1. The summed E-state index contributed by atoms with van der Waals surface area (Å²) in [5.74, 6) is 0.179. The number of nitrogens with one attached hydrogen (secondary N) is 1. The predicted molar refractivity (Wildman–Crippen MR) is 92.8 cm³/mol. The van der Waals surface area contributed by atoms with Crippen LogP contribution in [0.3, 0.4) is 0 Å². The predicted octanol–water partition coefficient (Wildman–Crippen LogP) is 3.35. The molecule has 0 unspecified atom stereocenters. The molecule has 23 heavy (non-hydrogen) atoms. The molecule has 0 atom stereocenters. The van der Waals surface area contributed by atoms with Gasteiger partial charge in [0.15, 0.2) is 0 Å². The SMILES string of the molecule is CC(C)CNC(=O)c1ccc(C(=O)N(C)c2ccccc2)cc1. The monoisotopic (exact) mass is 310 g/mol. The highest BCUT2D eigenvalue weighted by molar-refractivity contribution is 6.06. The third kappa shape index (κ3) is 4.42. The molecule has 0 spiro atoms. The number of rotatable bonds is 5. The lowest BCUT2D eigenvalue weighted by molar-refractivity contribution is 0.0946. The van der Waals surface area contributed by atoms with E-state index < -0.39 is 0 Å². The van der Waals surface area contributed by atoms with Gasteiger partial charge < -0.3 is 10.2 Å². The number of hydrogen-bond donors (Lipinski definition) is 1. The zero-order chi connectivity index (χ0) is 16.8. The van der Waals surface area contributed by atoms with Crippen molar-refractivity contribution in [3.05, 3.63) is 65.7 Å². The average molecular weight is 310 g/mol. The van der Waals surface area contributed by atoms with Crippen LogP contribution in [0.2, 0.25) is 0 Å². The second kappa shape index (κ2) is 7.58. The third-order valence-electron chi connectivity index (χ3n) is 3.51. The van der Waals surface area contributed by atoms with E-state index in [-0.39, 0.29) is 11.8 Å². The van der Waals surface area contributed by atoms with Crippen LogP contribution in [-0.4, -0.2) is 25.4 Å². The van der Waals surface area contributed by atoms with Crippen molar-refractivity contribution in [3.8, 4) is 0 Å². The van der Waals surface area contributed by atoms with Crippen LogP contribution in [0.25, 0.3) is 0 Å². The molecule has 0 aliphatic rings. The van der Waals surface area contributed by atoms with Gasteiger partial charge in [-0.25, -0.2) is 0 Å². The summed E-state index contributed by atoms with van der Waals surface area (Å²) in [6.45, 7) is 4.72. The first kappa shape index (κ1) is 16.7. The molecule has 0 heterocycles. The summed E-state index contributed by atoms with van der Waals surface area (Å²) >= 11 is 0. The standard InChI is InChI=1S/C19H22N2O2/c1-14(2)13-20-18(22)15-9-11-16(12-10-15)19(23)21(3)17-7-5-4-6-8-17/h4-12,14H,13H2,1-3H3,(H,20,22). The minimum absolute atomic E-state index is 0.106. The fourth-order valence-electron chi connectivity index (χ4n) is 2.13. The number of hydrogen-bond acceptors (Lipinski definition) is 2. The van der Waals surface area contributed by atoms with Crippen molar-refractivity contribution in [2.45, 2.75) is 13.8 Å². The normalized spacial score (nSPS) is 10.4. The average Bonchev–Trinajstić information content (AvgIpc) is 2.59. The van der Waals surface area contributed by atoms with E-state index in [2.05, 4.69) is 5.32 Å². The topological polar surface area (TPSA) is 49.4 Å². The van der Waals surface area contributed by atoms with E-state index >= 15 is 0 Å². The van der Waals surface area contributed by atoms with Crippen molar-refractivity contribution in [2.75, 3.05) is 18.5 Å². The molecule has 0 saturated carbocycles. The van der Waals surface area contributed by atoms with Crippen LogP contribution in [-0.2, 0) is 0 Å². The first-order valence-corrected chi connectivity index (χ1v) is 7.70. The number of benzene rings is 2. The molecular weight excluding hydrogens is 288 g/mol. The molecule has 0 radical (unpaired) electrons. The number of nitrogens with zero attached hydrogens (tertiary/aromatic N) is 1. The molecule has 2 rings (SSSR count). The van der Waals surface area contributed by atoms with E-state index in [1.165, 1.54) is 0 Å². The fourth-order valence-corrected chi connectivity index (χ4v) is 2.13. The lowest BCUT2D eigenvalue weighted by Crippen LogP contribution is -2.28. The maximum absolute atomic E-state index is 12.5. The molecular formula is C19H22N2O2. The number of carbonyl (C=O) groups excluding carboxylic acids is 2. The summed E-state index contributed by atoms with van der Waals surface area (Å²) < 4.78 is 0. The summed E-state index contributed by atoms with van der Waals surface area (Å²) in [6.07, 6.45) is 0. The largest absolute Gasteiger partial charge is 0.352 e. The van der Waals surface area contributed by atoms with E-state index in [0.29, 0.717) is 23.6 Å². The van der Waals surface area contributed by atoms with E-state index in [4.69, 9.17) is 0 Å². The quantitative estimate of drug-likeness (QED) is 0.920. The van der Waals surface area contributed by atoms with Gasteiger partial charge in [-0.05, 0) is 42.3 Å². The molecule has 120 valence electrons. The third-order valence-corrected chi connectivity index (χ3v) is 3.51. The van der Waals surface area contributed by atoms with E-state index in [9.17, 15) is 9.59 Å². The first-order valence-electron chi connectivity index (χ1n) is 7.70. The van der Waals surface area contributed by atoms with Gasteiger partial charge in [0.05, 0.1) is 0 Å². The van der Waals surface area contributed by atoms with Crippen molar-refractivity contribution in [2.24, 2.45) is 5.92 Å². The highest BCUT2D eigenvalue weighted by Crippen LogP contribution is 2.15. The Hall–Kier alpha value is -2.62. The second-order valence-corrected chi connectivity index (χ2v) is 5.88. The molecule has 0 aliphatic heterocycles. The van der Waals surface area contributed by atoms with Crippen molar-refractivity contribution < 1.29 is 9.59 Å². The lowest BCUT2D eigenvalue weighted by Gasteiger charge is -2.17. The Kier molecular flexibility index (Phi) is 5.52. The Morgan fingerprint density at radius 3 is 2.09 bits per heavy atom. The minimum atomic E-state index is -0.117. The van der Waals surface area contributed by atoms with Gasteiger partial charge in [0.1, 0.15) is 0 Å². The van der Waals surface area contributed by atoms with Crippen LogP contribution < -0.4 is 10.2 Å². The van der Waals surface area contributed by atoms with Crippen molar-refractivity contribution in [1.82, 2.24) is 5.32 Å². The minimum Gasteiger partial charge on any atom is -0.352 e. The summed E-state index contributed by atoms with van der Waals surface area (Å²) in [5.41, 5.74) is 1.94. The molecule has 0 aliphatic carbocycles. The van der Waals surface area contributed by atoms with Gasteiger partial charge in [0.25, 0.3) is 11.8 Å². The van der Waals surface area contributed by atoms with Crippen LogP contribution in [0.1, 0.15) is 34.6 Å². The highest BCUT2D eigenvalue weighted by Gasteiger charge is 2.14. The molecule has 4 heteroatoms. The van der Waals surface area contributed by atoms with Crippen molar-refractivity contribution in [3.63, 3.8) is 0 Å². The molecule has 4 nitrogen and oxygen atoms in total. The zero-order valence-corrected chi connectivity index (χ0v) is 13.7. The summed E-state index contributed by atoms with van der Waals surface area (Å²) in [6, 6.07) is 16.2. The molecule has 0 fully saturated rings. The Labute approximate surface area is 137 Å². The van der Waals surface area contributed by atoms with E-state index in [1.54, 1.807) is 36.2 Å². The maximum atomic E-state index is 12.5. The highest BCUT2D eigenvalue weighted by atomic mass is 16.2. The van der Waals surface area contributed by atoms with E-state index in [1.807, 2.05) is 44.2 Å². The van der Waals surface area contributed by atoms with Gasteiger partial charge in [0, 0.05) is 30.4 Å². The lowest BCUT2D eigenvalue weighted by atomic mass is 10.1. The molecule has 2 aromatic carbocycles. The molecule has 0 saturated heterocycles. The Morgan fingerprint density at radius 1 is 0.957 bits per heavy atom. The van der Waals surface area contributed by atoms with E-state index in [0.717, 1.165) is 5.69 Å². The molecule has 2 amide bonds. The van der Waals surface area contributed by atoms with Crippen molar-refractivity contribution in [1.29, 1.82) is 0 Å². The number of anilines is 1. The van der Waals surface area contributed by atoms with Gasteiger partial charge in [-0.3, -0.25) is 9.59 Å². The van der Waals surface area contributed by atoms with Crippen LogP contribution in [0.5, 0.6) is 0 Å².